The van der Waals surface area contributed by atoms with Crippen molar-refractivity contribution in [2.24, 2.45) is 0 Å². The minimum atomic E-state index is -3.00. The third-order valence-electron chi connectivity index (χ3n) is 3.72. The molecule has 3 rings (SSSR count). The third kappa shape index (κ3) is 5.68. The Kier molecular flexibility index (Phi) is 6.71. The number of alkyl halides is 2. The number of aryl methyl sites for hydroxylation is 1. The molecular formula is C19H15BrClF2N3O3. The molecule has 0 bridgehead atoms. The van der Waals surface area contributed by atoms with Crippen molar-refractivity contribution in [3.05, 3.63) is 69.4 Å². The summed E-state index contributed by atoms with van der Waals surface area (Å²) >= 11 is 9.24. The zero-order valence-electron chi connectivity index (χ0n) is 15.0. The first-order valence-electron chi connectivity index (χ1n) is 8.30. The molecule has 1 amide bonds. The Morgan fingerprint density at radius 2 is 2.00 bits per heavy atom. The molecule has 1 N–H and O–H groups in total. The maximum atomic E-state index is 12.6. The van der Waals surface area contributed by atoms with Gasteiger partial charge in [0.25, 0.3) is 5.91 Å². The number of anilines is 1. The first kappa shape index (κ1) is 21.1. The van der Waals surface area contributed by atoms with Crippen molar-refractivity contribution in [2.75, 3.05) is 5.32 Å². The molecule has 0 aliphatic heterocycles. The van der Waals surface area contributed by atoms with Gasteiger partial charge >= 0.3 is 6.61 Å². The number of ether oxygens (including phenoxy) is 2. The highest BCUT2D eigenvalue weighted by Gasteiger charge is 2.15. The van der Waals surface area contributed by atoms with Crippen molar-refractivity contribution in [1.82, 2.24) is 9.78 Å². The second-order valence-electron chi connectivity index (χ2n) is 5.92. The van der Waals surface area contributed by atoms with Gasteiger partial charge in [0.05, 0.1) is 10.2 Å². The number of hydrogen-bond donors (Lipinski definition) is 1. The Labute approximate surface area is 178 Å². The number of benzene rings is 2. The molecule has 0 saturated heterocycles. The van der Waals surface area contributed by atoms with Crippen molar-refractivity contribution in [3.63, 3.8) is 0 Å². The standard InChI is InChI=1S/C19H15BrClF2N3O3/c1-11-2-4-17(29-19(22)23)15(8-11)24-18(27)14-6-7-26(25-14)10-28-16-5-3-12(21)9-13(16)20/h2-9,19H,10H2,1H3,(H,24,27). The number of carbonyl (C=O) groups excluding carboxylic acids is 1. The predicted octanol–water partition coefficient (Wildman–Crippen LogP) is 5.50. The van der Waals surface area contributed by atoms with E-state index in [9.17, 15) is 13.6 Å². The molecule has 0 unspecified atom stereocenters. The first-order chi connectivity index (χ1) is 13.8. The Morgan fingerprint density at radius 1 is 1.24 bits per heavy atom. The van der Waals surface area contributed by atoms with Gasteiger partial charge in [0.15, 0.2) is 12.4 Å². The molecule has 29 heavy (non-hydrogen) atoms. The van der Waals surface area contributed by atoms with Crippen molar-refractivity contribution in [2.45, 2.75) is 20.3 Å². The number of rotatable bonds is 7. The van der Waals surface area contributed by atoms with Crippen LogP contribution in [0.4, 0.5) is 14.5 Å². The molecule has 0 fully saturated rings. The van der Waals surface area contributed by atoms with E-state index < -0.39 is 12.5 Å². The lowest BCUT2D eigenvalue weighted by Crippen LogP contribution is -2.16. The van der Waals surface area contributed by atoms with E-state index in [1.165, 1.54) is 22.9 Å². The molecular weight excluding hydrogens is 472 g/mol. The molecule has 1 aromatic heterocycles. The van der Waals surface area contributed by atoms with Gasteiger partial charge in [-0.1, -0.05) is 17.7 Å². The van der Waals surface area contributed by atoms with Gasteiger partial charge < -0.3 is 14.8 Å². The van der Waals surface area contributed by atoms with Crippen LogP contribution in [0.15, 0.2) is 53.1 Å². The summed E-state index contributed by atoms with van der Waals surface area (Å²) in [5.74, 6) is -0.139. The van der Waals surface area contributed by atoms with Crippen LogP contribution in [0.25, 0.3) is 0 Å². The van der Waals surface area contributed by atoms with Gasteiger partial charge in [-0.3, -0.25) is 4.79 Å². The largest absolute Gasteiger partial charge is 0.470 e. The second-order valence-corrected chi connectivity index (χ2v) is 7.21. The average molecular weight is 487 g/mol. The van der Waals surface area contributed by atoms with Crippen LogP contribution in [0.5, 0.6) is 11.5 Å². The van der Waals surface area contributed by atoms with Crippen molar-refractivity contribution >= 4 is 39.1 Å². The first-order valence-corrected chi connectivity index (χ1v) is 9.47. The number of carbonyl (C=O) groups is 1. The van der Waals surface area contributed by atoms with E-state index in [1.807, 2.05) is 0 Å². The van der Waals surface area contributed by atoms with E-state index >= 15 is 0 Å². The van der Waals surface area contributed by atoms with Crippen molar-refractivity contribution in [1.29, 1.82) is 0 Å². The average Bonchev–Trinajstić information content (AvgIpc) is 3.12. The van der Waals surface area contributed by atoms with Crippen LogP contribution in [-0.2, 0) is 6.73 Å². The summed E-state index contributed by atoms with van der Waals surface area (Å²) in [6.45, 7) is -1.18. The highest BCUT2D eigenvalue weighted by atomic mass is 79.9. The molecule has 0 atom stereocenters. The van der Waals surface area contributed by atoms with Crippen molar-refractivity contribution in [3.8, 4) is 11.5 Å². The normalized spacial score (nSPS) is 10.8. The fraction of sp³-hybridized carbons (Fsp3) is 0.158. The van der Waals surface area contributed by atoms with Gasteiger partial charge in [-0.2, -0.15) is 13.9 Å². The molecule has 2 aromatic carbocycles. The molecule has 0 spiro atoms. The van der Waals surface area contributed by atoms with E-state index in [4.69, 9.17) is 16.3 Å². The quantitative estimate of drug-likeness (QED) is 0.479. The second kappa shape index (κ2) is 9.23. The lowest BCUT2D eigenvalue weighted by molar-refractivity contribution is -0.0493. The smallest absolute Gasteiger partial charge is 0.387 e. The van der Waals surface area contributed by atoms with Crippen LogP contribution in [0, 0.1) is 6.92 Å². The monoisotopic (exact) mass is 485 g/mol. The van der Waals surface area contributed by atoms with Crippen LogP contribution < -0.4 is 14.8 Å². The van der Waals surface area contributed by atoms with Gasteiger partial charge in [-0.05, 0) is 64.8 Å². The highest BCUT2D eigenvalue weighted by molar-refractivity contribution is 9.10. The summed E-state index contributed by atoms with van der Waals surface area (Å²) in [4.78, 5) is 12.4. The summed E-state index contributed by atoms with van der Waals surface area (Å²) in [5.41, 5.74) is 0.994. The molecule has 152 valence electrons. The van der Waals surface area contributed by atoms with Gasteiger partial charge in [0.2, 0.25) is 0 Å². The van der Waals surface area contributed by atoms with Crippen LogP contribution in [0.3, 0.4) is 0 Å². The van der Waals surface area contributed by atoms with Crippen LogP contribution >= 0.6 is 27.5 Å². The Hall–Kier alpha value is -2.65. The molecule has 6 nitrogen and oxygen atoms in total. The summed E-state index contributed by atoms with van der Waals surface area (Å²) in [6, 6.07) is 11.1. The molecule has 0 aliphatic rings. The Balaban J connectivity index is 1.67. The van der Waals surface area contributed by atoms with Crippen molar-refractivity contribution < 1.29 is 23.0 Å². The van der Waals surface area contributed by atoms with Crippen LogP contribution in [0.2, 0.25) is 5.02 Å². The molecule has 0 radical (unpaired) electrons. The van der Waals surface area contributed by atoms with Crippen LogP contribution in [-0.4, -0.2) is 22.3 Å². The summed E-state index contributed by atoms with van der Waals surface area (Å²) in [6.07, 6.45) is 1.56. The van der Waals surface area contributed by atoms with Gasteiger partial charge in [-0.15, -0.1) is 0 Å². The fourth-order valence-electron chi connectivity index (χ4n) is 2.41. The SMILES string of the molecule is Cc1ccc(OC(F)F)c(NC(=O)c2ccn(COc3ccc(Cl)cc3Br)n2)c1. The number of amides is 1. The molecule has 0 saturated carbocycles. The van der Waals surface area contributed by atoms with Gasteiger partial charge in [0.1, 0.15) is 11.5 Å². The van der Waals surface area contributed by atoms with Crippen LogP contribution in [0.1, 0.15) is 16.1 Å². The number of aromatic nitrogens is 2. The topological polar surface area (TPSA) is 65.4 Å². The number of nitrogens with zero attached hydrogens (tertiary/aromatic N) is 2. The minimum Gasteiger partial charge on any atom is -0.470 e. The van der Waals surface area contributed by atoms with E-state index in [-0.39, 0.29) is 23.9 Å². The highest BCUT2D eigenvalue weighted by Crippen LogP contribution is 2.29. The minimum absolute atomic E-state index is 0.0533. The summed E-state index contributed by atoms with van der Waals surface area (Å²) in [7, 11) is 0. The molecule has 1 heterocycles. The maximum absolute atomic E-state index is 12.6. The maximum Gasteiger partial charge on any atom is 0.387 e. The van der Waals surface area contributed by atoms with E-state index in [1.54, 1.807) is 37.4 Å². The zero-order valence-corrected chi connectivity index (χ0v) is 17.4. The van der Waals surface area contributed by atoms with Gasteiger partial charge in [0, 0.05) is 11.2 Å². The summed E-state index contributed by atoms with van der Waals surface area (Å²) < 4.78 is 37.3. The summed E-state index contributed by atoms with van der Waals surface area (Å²) in [5, 5.41) is 7.23. The molecule has 3 aromatic rings. The lowest BCUT2D eigenvalue weighted by Gasteiger charge is -2.12. The zero-order chi connectivity index (χ0) is 21.0. The Bertz CT molecular complexity index is 1030. The third-order valence-corrected chi connectivity index (χ3v) is 4.57. The van der Waals surface area contributed by atoms with E-state index in [0.29, 0.717) is 15.2 Å². The number of halogens is 4. The van der Waals surface area contributed by atoms with E-state index in [0.717, 1.165) is 5.56 Å². The van der Waals surface area contributed by atoms with E-state index in [2.05, 4.69) is 31.1 Å². The fourth-order valence-corrected chi connectivity index (χ4v) is 3.21. The predicted molar refractivity (Wildman–Crippen MR) is 108 cm³/mol. The molecule has 10 heteroatoms. The van der Waals surface area contributed by atoms with Gasteiger partial charge in [-0.25, -0.2) is 4.68 Å². The number of hydrogen-bond acceptors (Lipinski definition) is 4. The molecule has 0 aliphatic carbocycles. The Morgan fingerprint density at radius 3 is 2.72 bits per heavy atom. The lowest BCUT2D eigenvalue weighted by atomic mass is 10.2. The number of nitrogens with one attached hydrogen (secondary N) is 1.